The van der Waals surface area contributed by atoms with Gasteiger partial charge in [-0.05, 0) is 37.5 Å². The monoisotopic (exact) mass is 1490 g/mol. The average Bonchev–Trinajstić information content (AvgIpc) is 0.951. The summed E-state index contributed by atoms with van der Waals surface area (Å²) < 4.78 is 68.8. The number of phosphoric acid groups is 2. The first-order valence-electron chi connectivity index (χ1n) is 43.0. The lowest BCUT2D eigenvalue weighted by atomic mass is 10.0. The topological polar surface area (TPSA) is 237 Å². The molecule has 0 aliphatic carbocycles. The molecule has 2 unspecified atom stereocenters. The number of carbonyl (C=O) groups excluding carboxylic acids is 4. The Kier molecular flexibility index (Phi) is 73.1. The Bertz CT molecular complexity index is 1960. The molecule has 5 atom stereocenters. The van der Waals surface area contributed by atoms with Crippen molar-refractivity contribution < 1.29 is 80.2 Å². The third-order valence-electron chi connectivity index (χ3n) is 19.5. The first kappa shape index (κ1) is 100. The quantitative estimate of drug-likeness (QED) is 0.0222. The van der Waals surface area contributed by atoms with E-state index in [1.165, 1.54) is 257 Å². The van der Waals surface area contributed by atoms with E-state index in [-0.39, 0.29) is 25.7 Å². The van der Waals surface area contributed by atoms with Crippen molar-refractivity contribution in [2.45, 2.75) is 458 Å². The van der Waals surface area contributed by atoms with Crippen LogP contribution in [0.15, 0.2) is 0 Å². The van der Waals surface area contributed by atoms with Gasteiger partial charge >= 0.3 is 39.5 Å². The molecule has 19 heteroatoms. The molecular formula is C83H162O17P2. The van der Waals surface area contributed by atoms with Crippen LogP contribution in [-0.4, -0.2) is 96.7 Å². The van der Waals surface area contributed by atoms with Gasteiger partial charge in [-0.15, -0.1) is 0 Å². The van der Waals surface area contributed by atoms with Gasteiger partial charge in [-0.25, -0.2) is 9.13 Å². The number of carbonyl (C=O) groups is 4. The normalized spacial score (nSPS) is 13.9. The lowest BCUT2D eigenvalue weighted by Gasteiger charge is -2.21. The molecule has 0 bridgehead atoms. The Labute approximate surface area is 626 Å². The van der Waals surface area contributed by atoms with Crippen molar-refractivity contribution in [1.82, 2.24) is 0 Å². The molecule has 0 spiro atoms. The van der Waals surface area contributed by atoms with Crippen LogP contribution in [0.3, 0.4) is 0 Å². The van der Waals surface area contributed by atoms with E-state index in [1.54, 1.807) is 0 Å². The summed E-state index contributed by atoms with van der Waals surface area (Å²) in [7, 11) is -9.92. The van der Waals surface area contributed by atoms with Gasteiger partial charge in [-0.3, -0.25) is 37.3 Å². The van der Waals surface area contributed by atoms with Crippen molar-refractivity contribution in [1.29, 1.82) is 0 Å². The molecule has 0 heterocycles. The number of hydrogen-bond donors (Lipinski definition) is 3. The largest absolute Gasteiger partial charge is 0.472 e. The summed E-state index contributed by atoms with van der Waals surface area (Å²) in [4.78, 5) is 73.1. The molecule has 0 radical (unpaired) electrons. The molecule has 0 rings (SSSR count). The minimum atomic E-state index is -4.96. The zero-order valence-electron chi connectivity index (χ0n) is 66.9. The number of unbranched alkanes of at least 4 members (excludes halogenated alkanes) is 52. The summed E-state index contributed by atoms with van der Waals surface area (Å²) in [5.74, 6) is -0.528. The number of rotatable bonds is 82. The van der Waals surface area contributed by atoms with Crippen molar-refractivity contribution >= 4 is 39.5 Å². The van der Waals surface area contributed by atoms with Gasteiger partial charge in [-0.2, -0.15) is 0 Å². The van der Waals surface area contributed by atoms with Crippen molar-refractivity contribution in [3.63, 3.8) is 0 Å². The summed E-state index contributed by atoms with van der Waals surface area (Å²) in [5.41, 5.74) is 0. The second kappa shape index (κ2) is 74.5. The van der Waals surface area contributed by atoms with Gasteiger partial charge in [0, 0.05) is 25.7 Å². The van der Waals surface area contributed by atoms with E-state index in [9.17, 15) is 43.2 Å². The van der Waals surface area contributed by atoms with Crippen molar-refractivity contribution in [2.75, 3.05) is 39.6 Å². The maximum Gasteiger partial charge on any atom is 0.472 e. The van der Waals surface area contributed by atoms with Gasteiger partial charge in [0.05, 0.1) is 26.4 Å². The number of esters is 4. The predicted octanol–water partition coefficient (Wildman–Crippen LogP) is 25.1. The van der Waals surface area contributed by atoms with Crippen LogP contribution in [0.2, 0.25) is 0 Å². The third kappa shape index (κ3) is 76.3. The standard InChI is InChI=1S/C83H162O17P2/c1-7-9-11-13-15-17-19-20-21-22-23-24-25-30-37-43-49-55-61-67-82(87)99-79(72-94-81(86)66-60-54-48-42-36-29-27-26-28-34-39-45-51-57-63-75(3)4)74-98-102(91,92)96-70-77(84)69-95-101(89,90)97-73-78(71-93-80(85)65-59-53-47-41-33-18-16-14-12-10-8-2)100-83(88)68-62-56-50-44-38-32-31-35-40-46-52-58-64-76(5)6/h75-79,84H,7-74H2,1-6H3,(H,89,90)(H,91,92)/t77-,78+,79+/m0/s1. The molecule has 0 saturated heterocycles. The van der Waals surface area contributed by atoms with Crippen LogP contribution >= 0.6 is 15.6 Å². The molecular weight excluding hydrogens is 1330 g/mol. The Balaban J connectivity index is 5.25. The van der Waals surface area contributed by atoms with Gasteiger partial charge in [-0.1, -0.05) is 388 Å². The first-order valence-corrected chi connectivity index (χ1v) is 46.0. The molecule has 0 aliphatic heterocycles. The van der Waals surface area contributed by atoms with Crippen molar-refractivity contribution in [3.8, 4) is 0 Å². The molecule has 17 nitrogen and oxygen atoms in total. The van der Waals surface area contributed by atoms with Gasteiger partial charge in [0.2, 0.25) is 0 Å². The summed E-state index contributed by atoms with van der Waals surface area (Å²) in [6.45, 7) is 9.68. The van der Waals surface area contributed by atoms with Crippen LogP contribution in [0.4, 0.5) is 0 Å². The minimum absolute atomic E-state index is 0.107. The van der Waals surface area contributed by atoms with E-state index >= 15 is 0 Å². The fraction of sp³-hybridized carbons (Fsp3) is 0.952. The molecule has 0 amide bonds. The van der Waals surface area contributed by atoms with Gasteiger partial charge in [0.15, 0.2) is 12.2 Å². The fourth-order valence-corrected chi connectivity index (χ4v) is 14.5. The first-order chi connectivity index (χ1) is 49.4. The summed E-state index contributed by atoms with van der Waals surface area (Å²) in [6.07, 6.45) is 65.1. The summed E-state index contributed by atoms with van der Waals surface area (Å²) >= 11 is 0. The summed E-state index contributed by atoms with van der Waals surface area (Å²) in [5, 5.41) is 10.7. The molecule has 0 aromatic carbocycles. The highest BCUT2D eigenvalue weighted by atomic mass is 31.2. The highest BCUT2D eigenvalue weighted by molar-refractivity contribution is 7.47. The maximum absolute atomic E-state index is 13.1. The van der Waals surface area contributed by atoms with Crippen molar-refractivity contribution in [2.24, 2.45) is 11.8 Å². The lowest BCUT2D eigenvalue weighted by molar-refractivity contribution is -0.161. The van der Waals surface area contributed by atoms with E-state index in [0.717, 1.165) is 102 Å². The smallest absolute Gasteiger partial charge is 0.462 e. The number of ether oxygens (including phenoxy) is 4. The van der Waals surface area contributed by atoms with E-state index < -0.39 is 97.5 Å². The average molecular weight is 1490 g/mol. The van der Waals surface area contributed by atoms with Gasteiger partial charge in [0.25, 0.3) is 0 Å². The maximum atomic E-state index is 13.1. The fourth-order valence-electron chi connectivity index (χ4n) is 12.9. The third-order valence-corrected chi connectivity index (χ3v) is 21.4. The Hall–Kier alpha value is -1.94. The number of aliphatic hydroxyl groups excluding tert-OH is 1. The van der Waals surface area contributed by atoms with E-state index in [4.69, 9.17) is 37.0 Å². The van der Waals surface area contributed by atoms with Crippen molar-refractivity contribution in [3.05, 3.63) is 0 Å². The van der Waals surface area contributed by atoms with Crippen LogP contribution in [-0.2, 0) is 65.4 Å². The Morgan fingerprint density at radius 1 is 0.265 bits per heavy atom. The van der Waals surface area contributed by atoms with E-state index in [1.807, 2.05) is 0 Å². The van der Waals surface area contributed by atoms with Crippen LogP contribution in [0.5, 0.6) is 0 Å². The molecule has 0 saturated carbocycles. The second-order valence-corrected chi connectivity index (χ2v) is 33.7. The molecule has 0 aromatic heterocycles. The number of aliphatic hydroxyl groups is 1. The highest BCUT2D eigenvalue weighted by Gasteiger charge is 2.30. The Morgan fingerprint density at radius 2 is 0.451 bits per heavy atom. The number of phosphoric ester groups is 2. The summed E-state index contributed by atoms with van der Waals surface area (Å²) in [6, 6.07) is 0. The molecule has 3 N–H and O–H groups in total. The van der Waals surface area contributed by atoms with Gasteiger partial charge < -0.3 is 33.8 Å². The Morgan fingerprint density at radius 3 is 0.667 bits per heavy atom. The zero-order chi connectivity index (χ0) is 74.9. The SMILES string of the molecule is CCCCCCCCCCCCCCCCCCCCCC(=O)O[C@H](COC(=O)CCCCCCCCCCCCCCCCC(C)C)COP(=O)(O)OC[C@@H](O)COP(=O)(O)OC[C@@H](COC(=O)CCCCCCCCCCCCC)OC(=O)CCCCCCCCCCCCCCC(C)C. The van der Waals surface area contributed by atoms with Crippen LogP contribution in [0.25, 0.3) is 0 Å². The zero-order valence-corrected chi connectivity index (χ0v) is 68.7. The molecule has 0 aromatic rings. The van der Waals surface area contributed by atoms with Crippen LogP contribution in [0, 0.1) is 11.8 Å². The highest BCUT2D eigenvalue weighted by Crippen LogP contribution is 2.45. The number of hydrogen-bond acceptors (Lipinski definition) is 15. The van der Waals surface area contributed by atoms with E-state index in [2.05, 4.69) is 41.5 Å². The molecule has 606 valence electrons. The minimum Gasteiger partial charge on any atom is -0.462 e. The molecule has 0 fully saturated rings. The predicted molar refractivity (Wildman–Crippen MR) is 418 cm³/mol. The van der Waals surface area contributed by atoms with Gasteiger partial charge in [0.1, 0.15) is 19.3 Å². The lowest BCUT2D eigenvalue weighted by Crippen LogP contribution is -2.30. The second-order valence-electron chi connectivity index (χ2n) is 30.8. The molecule has 102 heavy (non-hydrogen) atoms. The molecule has 0 aliphatic rings. The van der Waals surface area contributed by atoms with Crippen LogP contribution < -0.4 is 0 Å². The van der Waals surface area contributed by atoms with E-state index in [0.29, 0.717) is 25.7 Å². The van der Waals surface area contributed by atoms with Crippen LogP contribution in [0.1, 0.15) is 440 Å².